The number of nitrogens with zero attached hydrogens (tertiary/aromatic N) is 3. The first kappa shape index (κ1) is 16.0. The van der Waals surface area contributed by atoms with E-state index in [-0.39, 0.29) is 11.8 Å². The fourth-order valence-electron chi connectivity index (χ4n) is 2.78. The zero-order valence-corrected chi connectivity index (χ0v) is 13.9. The number of aromatic nitrogens is 2. The maximum atomic E-state index is 11.9. The third kappa shape index (κ3) is 3.55. The molecule has 1 saturated heterocycles. The molecule has 122 valence electrons. The normalized spacial score (nSPS) is 26.7. The van der Waals surface area contributed by atoms with Gasteiger partial charge < -0.3 is 14.2 Å². The highest BCUT2D eigenvalue weighted by Crippen LogP contribution is 2.55. The van der Waals surface area contributed by atoms with Crippen LogP contribution < -0.4 is 0 Å². The van der Waals surface area contributed by atoms with Gasteiger partial charge in [0.2, 0.25) is 11.8 Å². The Balaban J connectivity index is 1.52. The molecule has 1 aliphatic heterocycles. The molecule has 8 heteroatoms. The summed E-state index contributed by atoms with van der Waals surface area (Å²) >= 11 is 12.0. The molecule has 1 aliphatic carbocycles. The van der Waals surface area contributed by atoms with Gasteiger partial charge in [0.15, 0.2) is 5.82 Å². The average molecular weight is 348 g/mol. The Labute approximate surface area is 139 Å². The second-order valence-corrected chi connectivity index (χ2v) is 7.53. The number of rotatable bonds is 7. The third-order valence-corrected chi connectivity index (χ3v) is 5.21. The number of amides is 1. The van der Waals surface area contributed by atoms with E-state index in [0.29, 0.717) is 50.2 Å². The van der Waals surface area contributed by atoms with Crippen LogP contribution in [0.25, 0.3) is 0 Å². The lowest BCUT2D eigenvalue weighted by atomic mass is 10.1. The van der Waals surface area contributed by atoms with E-state index in [4.69, 9.17) is 32.5 Å². The topological polar surface area (TPSA) is 68.5 Å². The van der Waals surface area contributed by atoms with E-state index in [1.165, 1.54) is 0 Å². The van der Waals surface area contributed by atoms with Crippen LogP contribution in [0.3, 0.4) is 0 Å². The molecule has 0 N–H and O–H groups in total. The molecule has 0 aromatic carbocycles. The number of halogens is 2. The quantitative estimate of drug-likeness (QED) is 0.707. The van der Waals surface area contributed by atoms with Crippen molar-refractivity contribution in [2.75, 3.05) is 26.8 Å². The largest absolute Gasteiger partial charge is 0.383 e. The van der Waals surface area contributed by atoms with Gasteiger partial charge in [0, 0.05) is 33.0 Å². The Morgan fingerprint density at radius 1 is 1.50 bits per heavy atom. The fraction of sp³-hybridized carbons (Fsp3) is 0.786. The summed E-state index contributed by atoms with van der Waals surface area (Å²) < 4.78 is 9.76. The van der Waals surface area contributed by atoms with Gasteiger partial charge in [-0.2, -0.15) is 4.98 Å². The molecule has 6 nitrogen and oxygen atoms in total. The van der Waals surface area contributed by atoms with Crippen LogP contribution in [0.2, 0.25) is 0 Å². The van der Waals surface area contributed by atoms with E-state index in [0.717, 1.165) is 12.8 Å². The summed E-state index contributed by atoms with van der Waals surface area (Å²) in [4.78, 5) is 18.1. The van der Waals surface area contributed by atoms with E-state index in [2.05, 4.69) is 10.1 Å². The molecule has 2 atom stereocenters. The molecule has 1 aromatic heterocycles. The minimum absolute atomic E-state index is 0.0216. The number of alkyl halides is 2. The lowest BCUT2D eigenvalue weighted by molar-refractivity contribution is -0.128. The lowest BCUT2D eigenvalue weighted by Gasteiger charge is -2.14. The third-order valence-electron chi connectivity index (χ3n) is 4.28. The summed E-state index contributed by atoms with van der Waals surface area (Å²) in [5.41, 5.74) is 0. The van der Waals surface area contributed by atoms with E-state index in [9.17, 15) is 4.79 Å². The first-order chi connectivity index (χ1) is 10.5. The molecule has 22 heavy (non-hydrogen) atoms. The number of carbonyl (C=O) groups is 1. The molecule has 1 amide bonds. The van der Waals surface area contributed by atoms with Gasteiger partial charge in [-0.25, -0.2) is 0 Å². The first-order valence-corrected chi connectivity index (χ1v) is 8.22. The van der Waals surface area contributed by atoms with E-state index >= 15 is 0 Å². The maximum Gasteiger partial charge on any atom is 0.232 e. The smallest absolute Gasteiger partial charge is 0.232 e. The molecule has 2 fully saturated rings. The molecule has 0 spiro atoms. The van der Waals surface area contributed by atoms with Gasteiger partial charge in [-0.15, -0.1) is 23.2 Å². The molecule has 2 unspecified atom stereocenters. The highest BCUT2D eigenvalue weighted by Gasteiger charge is 2.50. The highest BCUT2D eigenvalue weighted by molar-refractivity contribution is 6.50. The van der Waals surface area contributed by atoms with Crippen LogP contribution in [0.4, 0.5) is 0 Å². The first-order valence-electron chi connectivity index (χ1n) is 7.46. The van der Waals surface area contributed by atoms with Crippen LogP contribution in [0.15, 0.2) is 4.52 Å². The van der Waals surface area contributed by atoms with E-state index < -0.39 is 4.33 Å². The Morgan fingerprint density at radius 2 is 2.27 bits per heavy atom. The number of aryl methyl sites for hydroxylation is 1. The van der Waals surface area contributed by atoms with Crippen LogP contribution in [0.5, 0.6) is 0 Å². The SMILES string of the molecule is COCCN1CC(c2nc(CCC3CC3(Cl)Cl)no2)CC1=O. The lowest BCUT2D eigenvalue weighted by Crippen LogP contribution is -2.28. The van der Waals surface area contributed by atoms with Gasteiger partial charge in [-0.05, 0) is 18.8 Å². The minimum atomic E-state index is -0.563. The molecule has 1 saturated carbocycles. The Kier molecular flexibility index (Phi) is 4.61. The summed E-state index contributed by atoms with van der Waals surface area (Å²) in [6, 6.07) is 0. The Hall–Kier alpha value is -0.850. The Morgan fingerprint density at radius 3 is 2.95 bits per heavy atom. The van der Waals surface area contributed by atoms with E-state index in [1.54, 1.807) is 12.0 Å². The number of hydrogen-bond donors (Lipinski definition) is 0. The molecule has 0 bridgehead atoms. The predicted molar refractivity (Wildman–Crippen MR) is 81.0 cm³/mol. The van der Waals surface area contributed by atoms with Crippen molar-refractivity contribution < 1.29 is 14.1 Å². The maximum absolute atomic E-state index is 11.9. The molecular weight excluding hydrogens is 329 g/mol. The fourth-order valence-corrected chi connectivity index (χ4v) is 3.37. The molecule has 0 radical (unpaired) electrons. The number of likely N-dealkylation sites (tertiary alicyclic amines) is 1. The van der Waals surface area contributed by atoms with Gasteiger partial charge in [0.25, 0.3) is 0 Å². The predicted octanol–water partition coefficient (Wildman–Crippen LogP) is 2.16. The van der Waals surface area contributed by atoms with Gasteiger partial charge in [0.1, 0.15) is 4.33 Å². The number of ether oxygens (including phenoxy) is 1. The number of methoxy groups -OCH3 is 1. The van der Waals surface area contributed by atoms with Crippen molar-refractivity contribution >= 4 is 29.1 Å². The number of hydrogen-bond acceptors (Lipinski definition) is 5. The van der Waals surface area contributed by atoms with Crippen LogP contribution in [0.1, 0.15) is 36.9 Å². The summed E-state index contributed by atoms with van der Waals surface area (Å²) in [7, 11) is 1.62. The molecule has 2 heterocycles. The molecular formula is C14H19Cl2N3O3. The summed E-state index contributed by atoms with van der Waals surface area (Å²) in [5.74, 6) is 1.60. The molecule has 3 rings (SSSR count). The van der Waals surface area contributed by atoms with E-state index in [1.807, 2.05) is 0 Å². The van der Waals surface area contributed by atoms with Crippen molar-refractivity contribution in [3.05, 3.63) is 11.7 Å². The second kappa shape index (κ2) is 6.34. The second-order valence-electron chi connectivity index (χ2n) is 5.98. The zero-order chi connectivity index (χ0) is 15.7. The van der Waals surface area contributed by atoms with Crippen LogP contribution in [-0.2, 0) is 16.0 Å². The van der Waals surface area contributed by atoms with Crippen molar-refractivity contribution in [1.29, 1.82) is 0 Å². The van der Waals surface area contributed by atoms with Gasteiger partial charge in [-0.1, -0.05) is 5.16 Å². The standard InChI is InChI=1S/C14H19Cl2N3O3/c1-21-5-4-19-8-9(6-12(19)20)13-17-11(18-22-13)3-2-10-7-14(10,15)16/h9-10H,2-8H2,1H3. The highest BCUT2D eigenvalue weighted by atomic mass is 35.5. The van der Waals surface area contributed by atoms with Crippen molar-refractivity contribution in [1.82, 2.24) is 15.0 Å². The van der Waals surface area contributed by atoms with Crippen LogP contribution in [-0.4, -0.2) is 52.1 Å². The van der Waals surface area contributed by atoms with Gasteiger partial charge in [0.05, 0.1) is 12.5 Å². The van der Waals surface area contributed by atoms with Crippen molar-refractivity contribution in [3.8, 4) is 0 Å². The summed E-state index contributed by atoms with van der Waals surface area (Å²) in [5, 5.41) is 3.99. The average Bonchev–Trinajstić information content (AvgIpc) is 2.86. The summed E-state index contributed by atoms with van der Waals surface area (Å²) in [6.07, 6.45) is 2.80. The van der Waals surface area contributed by atoms with Crippen molar-refractivity contribution in [2.24, 2.45) is 5.92 Å². The number of carbonyl (C=O) groups excluding carboxylic acids is 1. The zero-order valence-electron chi connectivity index (χ0n) is 12.4. The molecule has 2 aliphatic rings. The summed E-state index contributed by atoms with van der Waals surface area (Å²) in [6.45, 7) is 1.74. The van der Waals surface area contributed by atoms with Gasteiger partial charge >= 0.3 is 0 Å². The van der Waals surface area contributed by atoms with Crippen LogP contribution in [0, 0.1) is 5.92 Å². The van der Waals surface area contributed by atoms with Crippen molar-refractivity contribution in [3.63, 3.8) is 0 Å². The molecule has 1 aromatic rings. The monoisotopic (exact) mass is 347 g/mol. The van der Waals surface area contributed by atoms with Crippen molar-refractivity contribution in [2.45, 2.75) is 35.9 Å². The Bertz CT molecular complexity index is 549. The minimum Gasteiger partial charge on any atom is -0.383 e. The van der Waals surface area contributed by atoms with Crippen LogP contribution >= 0.6 is 23.2 Å². The van der Waals surface area contributed by atoms with Gasteiger partial charge in [-0.3, -0.25) is 4.79 Å².